The normalized spacial score (nSPS) is 12.3. The largest absolute Gasteiger partial charge is 0.279 e. The van der Waals surface area contributed by atoms with Crippen molar-refractivity contribution in [3.8, 4) is 0 Å². The number of anilines is 1. The molecule has 0 saturated carbocycles. The number of benzene rings is 1. The van der Waals surface area contributed by atoms with Crippen molar-refractivity contribution in [3.05, 3.63) is 40.2 Å². The summed E-state index contributed by atoms with van der Waals surface area (Å²) in [4.78, 5) is 0.594. The Morgan fingerprint density at radius 1 is 1.18 bits per heavy atom. The molecule has 0 bridgehead atoms. The monoisotopic (exact) mass is 380 g/mol. The molecule has 120 valence electrons. The molecule has 0 aliphatic carbocycles. The van der Waals surface area contributed by atoms with E-state index in [1.165, 1.54) is 18.2 Å². The Morgan fingerprint density at radius 2 is 1.86 bits per heavy atom. The average Bonchev–Trinajstić information content (AvgIpc) is 2.89. The number of hydrogen-bond acceptors (Lipinski definition) is 5. The average molecular weight is 381 g/mol. The van der Waals surface area contributed by atoms with E-state index in [2.05, 4.69) is 4.72 Å². The fourth-order valence-corrected chi connectivity index (χ4v) is 5.10. The SMILES string of the molecule is CCc1ccc(S(=O)(=O)Nc2ccc(Cl)c(S(N)(=O)=O)c2)s1. The maximum absolute atomic E-state index is 12.3. The fraction of sp³-hybridized carbons (Fsp3) is 0.167. The molecule has 22 heavy (non-hydrogen) atoms. The van der Waals surface area contributed by atoms with E-state index in [-0.39, 0.29) is 19.8 Å². The number of sulfonamides is 2. The molecule has 0 spiro atoms. The number of nitrogens with one attached hydrogen (secondary N) is 1. The topological polar surface area (TPSA) is 106 Å². The zero-order chi connectivity index (χ0) is 16.5. The van der Waals surface area contributed by atoms with Crippen molar-refractivity contribution in [2.45, 2.75) is 22.4 Å². The predicted octanol–water partition coefficient (Wildman–Crippen LogP) is 2.41. The lowest BCUT2D eigenvalue weighted by atomic mass is 10.3. The first-order valence-electron chi connectivity index (χ1n) is 6.07. The Morgan fingerprint density at radius 3 is 2.41 bits per heavy atom. The van der Waals surface area contributed by atoms with Crippen LogP contribution in [0.15, 0.2) is 39.4 Å². The van der Waals surface area contributed by atoms with Gasteiger partial charge in [0.25, 0.3) is 10.0 Å². The second-order valence-corrected chi connectivity index (χ2v) is 9.38. The van der Waals surface area contributed by atoms with Gasteiger partial charge in [0, 0.05) is 4.88 Å². The minimum Gasteiger partial charge on any atom is -0.279 e. The summed E-state index contributed by atoms with van der Waals surface area (Å²) in [6.45, 7) is 1.92. The van der Waals surface area contributed by atoms with Crippen molar-refractivity contribution in [1.29, 1.82) is 0 Å². The maximum Gasteiger partial charge on any atom is 0.271 e. The Balaban J connectivity index is 2.38. The van der Waals surface area contributed by atoms with Gasteiger partial charge in [-0.2, -0.15) is 0 Å². The summed E-state index contributed by atoms with van der Waals surface area (Å²) in [5.41, 5.74) is 0.0693. The van der Waals surface area contributed by atoms with Crippen molar-refractivity contribution in [3.63, 3.8) is 0 Å². The van der Waals surface area contributed by atoms with Crippen molar-refractivity contribution < 1.29 is 16.8 Å². The van der Waals surface area contributed by atoms with E-state index >= 15 is 0 Å². The van der Waals surface area contributed by atoms with Gasteiger partial charge >= 0.3 is 0 Å². The molecular formula is C12H13ClN2O4S3. The molecule has 2 aromatic rings. The fourth-order valence-electron chi connectivity index (χ4n) is 1.68. The smallest absolute Gasteiger partial charge is 0.271 e. The summed E-state index contributed by atoms with van der Waals surface area (Å²) in [6, 6.07) is 6.96. The molecule has 0 atom stereocenters. The standard InChI is InChI=1S/C12H13ClN2O4S3/c1-2-9-4-6-12(20-9)22(18,19)15-8-3-5-10(13)11(7-8)21(14,16)17/h3-7,15H,2H2,1H3,(H2,14,16,17). The van der Waals surface area contributed by atoms with Crippen LogP contribution >= 0.6 is 22.9 Å². The van der Waals surface area contributed by atoms with Gasteiger partial charge in [-0.15, -0.1) is 11.3 Å². The summed E-state index contributed by atoms with van der Waals surface area (Å²) < 4.78 is 49.8. The molecule has 0 saturated heterocycles. The number of primary sulfonamides is 1. The van der Waals surface area contributed by atoms with Crippen LogP contribution in [-0.2, 0) is 26.5 Å². The molecule has 0 fully saturated rings. The molecule has 2 rings (SSSR count). The second-order valence-electron chi connectivity index (χ2n) is 4.37. The van der Waals surface area contributed by atoms with Gasteiger partial charge in [-0.3, -0.25) is 4.72 Å². The lowest BCUT2D eigenvalue weighted by molar-refractivity contribution is 0.597. The van der Waals surface area contributed by atoms with Gasteiger partial charge in [-0.05, 0) is 36.8 Å². The quantitative estimate of drug-likeness (QED) is 0.830. The summed E-state index contributed by atoms with van der Waals surface area (Å²) in [5.74, 6) is 0. The van der Waals surface area contributed by atoms with E-state index in [1.807, 2.05) is 6.92 Å². The molecule has 0 amide bonds. The number of rotatable bonds is 5. The minimum atomic E-state index is -4.04. The third kappa shape index (κ3) is 3.79. The minimum absolute atomic E-state index is 0.0693. The zero-order valence-corrected chi connectivity index (χ0v) is 14.6. The van der Waals surface area contributed by atoms with Gasteiger partial charge in [0.15, 0.2) is 0 Å². The van der Waals surface area contributed by atoms with Gasteiger partial charge in [0.2, 0.25) is 10.0 Å². The lowest BCUT2D eigenvalue weighted by Crippen LogP contribution is -2.15. The highest BCUT2D eigenvalue weighted by atomic mass is 35.5. The van der Waals surface area contributed by atoms with Gasteiger partial charge in [0.1, 0.15) is 9.10 Å². The molecular weight excluding hydrogens is 368 g/mol. The van der Waals surface area contributed by atoms with Gasteiger partial charge < -0.3 is 0 Å². The van der Waals surface area contributed by atoms with Crippen LogP contribution in [-0.4, -0.2) is 16.8 Å². The van der Waals surface area contributed by atoms with Crippen LogP contribution < -0.4 is 9.86 Å². The number of aryl methyl sites for hydroxylation is 1. The van der Waals surface area contributed by atoms with Gasteiger partial charge in [-0.1, -0.05) is 18.5 Å². The molecule has 1 heterocycles. The molecule has 1 aromatic carbocycles. The van der Waals surface area contributed by atoms with Crippen LogP contribution in [0.2, 0.25) is 5.02 Å². The van der Waals surface area contributed by atoms with Crippen LogP contribution in [0.3, 0.4) is 0 Å². The summed E-state index contributed by atoms with van der Waals surface area (Å²) in [7, 11) is -7.83. The molecule has 0 aliphatic rings. The molecule has 0 radical (unpaired) electrons. The highest BCUT2D eigenvalue weighted by Gasteiger charge is 2.19. The third-order valence-electron chi connectivity index (χ3n) is 2.74. The Labute approximate surface area is 138 Å². The van der Waals surface area contributed by atoms with Crippen molar-refractivity contribution in [2.75, 3.05) is 4.72 Å². The van der Waals surface area contributed by atoms with E-state index in [1.54, 1.807) is 6.07 Å². The van der Waals surface area contributed by atoms with Crippen LogP contribution in [0.5, 0.6) is 0 Å². The third-order valence-corrected chi connectivity index (χ3v) is 7.24. The van der Waals surface area contributed by atoms with Crippen molar-refractivity contribution >= 4 is 48.7 Å². The summed E-state index contributed by atoms with van der Waals surface area (Å²) in [5, 5.41) is 4.96. The second kappa shape index (κ2) is 6.17. The molecule has 1 aromatic heterocycles. The lowest BCUT2D eigenvalue weighted by Gasteiger charge is -2.08. The predicted molar refractivity (Wildman–Crippen MR) is 87.3 cm³/mol. The van der Waals surface area contributed by atoms with Crippen LogP contribution in [0.1, 0.15) is 11.8 Å². The van der Waals surface area contributed by atoms with Crippen LogP contribution in [0.25, 0.3) is 0 Å². The molecule has 3 N–H and O–H groups in total. The van der Waals surface area contributed by atoms with E-state index in [0.29, 0.717) is 0 Å². The molecule has 10 heteroatoms. The zero-order valence-electron chi connectivity index (χ0n) is 11.4. The Bertz CT molecular complexity index is 904. The Hall–Kier alpha value is -1.13. The number of halogens is 1. The van der Waals surface area contributed by atoms with E-state index < -0.39 is 20.0 Å². The highest BCUT2D eigenvalue weighted by Crippen LogP contribution is 2.27. The Kier molecular flexibility index (Phi) is 4.83. The first-order valence-corrected chi connectivity index (χ1v) is 10.3. The highest BCUT2D eigenvalue weighted by molar-refractivity contribution is 7.94. The number of nitrogens with two attached hydrogens (primary N) is 1. The molecule has 0 unspecified atom stereocenters. The number of hydrogen-bond donors (Lipinski definition) is 2. The van der Waals surface area contributed by atoms with Crippen LogP contribution in [0.4, 0.5) is 5.69 Å². The first-order chi connectivity index (χ1) is 10.1. The van der Waals surface area contributed by atoms with Crippen molar-refractivity contribution in [2.24, 2.45) is 5.14 Å². The van der Waals surface area contributed by atoms with Crippen molar-refractivity contribution in [1.82, 2.24) is 0 Å². The van der Waals surface area contributed by atoms with E-state index in [9.17, 15) is 16.8 Å². The number of thiophene rings is 1. The van der Waals surface area contributed by atoms with E-state index in [4.69, 9.17) is 16.7 Å². The van der Waals surface area contributed by atoms with Crippen LogP contribution in [0, 0.1) is 0 Å². The van der Waals surface area contributed by atoms with E-state index in [0.717, 1.165) is 28.7 Å². The maximum atomic E-state index is 12.3. The molecule has 0 aliphatic heterocycles. The molecule has 6 nitrogen and oxygen atoms in total. The first kappa shape index (κ1) is 17.2. The van der Waals surface area contributed by atoms with Gasteiger partial charge in [0.05, 0.1) is 10.7 Å². The summed E-state index contributed by atoms with van der Waals surface area (Å²) in [6.07, 6.45) is 0.733. The van der Waals surface area contributed by atoms with Gasteiger partial charge in [-0.25, -0.2) is 22.0 Å². The summed E-state index contributed by atoms with van der Waals surface area (Å²) >= 11 is 6.91.